The Morgan fingerprint density at radius 1 is 1.21 bits per heavy atom. The second kappa shape index (κ2) is 11.3. The molecule has 6 nitrogen and oxygen atoms in total. The zero-order valence-corrected chi connectivity index (χ0v) is 18.5. The maximum Gasteiger partial charge on any atom is 0.161 e. The van der Waals surface area contributed by atoms with Crippen LogP contribution in [0.25, 0.3) is 0 Å². The third-order valence-corrected chi connectivity index (χ3v) is 4.98. The Balaban J connectivity index is 1.93. The molecule has 2 aromatic rings. The van der Waals surface area contributed by atoms with E-state index >= 15 is 0 Å². The van der Waals surface area contributed by atoms with Crippen molar-refractivity contribution in [3.05, 3.63) is 40.2 Å². The Morgan fingerprint density at radius 2 is 2.00 bits per heavy atom. The summed E-state index contributed by atoms with van der Waals surface area (Å²) in [6.07, 6.45) is 2.20. The van der Waals surface area contributed by atoms with Gasteiger partial charge in [0.2, 0.25) is 0 Å². The fourth-order valence-electron chi connectivity index (χ4n) is 2.86. The van der Waals surface area contributed by atoms with Crippen LogP contribution < -0.4 is 14.8 Å². The van der Waals surface area contributed by atoms with Crippen molar-refractivity contribution >= 4 is 11.6 Å². The van der Waals surface area contributed by atoms with Crippen LogP contribution in [0, 0.1) is 6.92 Å². The first-order valence-electron chi connectivity index (χ1n) is 9.83. The van der Waals surface area contributed by atoms with Gasteiger partial charge in [0.15, 0.2) is 11.5 Å². The molecule has 2 rings (SSSR count). The van der Waals surface area contributed by atoms with E-state index in [9.17, 15) is 0 Å². The van der Waals surface area contributed by atoms with Crippen LogP contribution in [-0.4, -0.2) is 49.0 Å². The van der Waals surface area contributed by atoms with Gasteiger partial charge in [-0.2, -0.15) is 5.10 Å². The van der Waals surface area contributed by atoms with Crippen molar-refractivity contribution in [1.29, 1.82) is 0 Å². The minimum Gasteiger partial charge on any atom is -0.493 e. The minimum atomic E-state index is 0.626. The Kier molecular flexibility index (Phi) is 9.09. The number of methoxy groups -OCH3 is 1. The fraction of sp³-hybridized carbons (Fsp3) is 0.571. The maximum atomic E-state index is 6.51. The molecule has 156 valence electrons. The molecule has 0 unspecified atom stereocenters. The molecular weight excluding hydrogens is 376 g/mol. The van der Waals surface area contributed by atoms with E-state index < -0.39 is 0 Å². The van der Waals surface area contributed by atoms with E-state index in [2.05, 4.69) is 28.3 Å². The lowest BCUT2D eigenvalue weighted by Gasteiger charge is -2.14. The quantitative estimate of drug-likeness (QED) is 0.577. The molecule has 1 aromatic heterocycles. The number of unbranched alkanes of at least 4 members (excludes halogenated alkanes) is 1. The summed E-state index contributed by atoms with van der Waals surface area (Å²) in [6, 6.07) is 6.03. The third-order valence-electron chi connectivity index (χ3n) is 4.56. The minimum absolute atomic E-state index is 0.626. The van der Waals surface area contributed by atoms with E-state index in [0.29, 0.717) is 19.7 Å². The SMILES string of the molecule is CCCCn1nc(C)c(CNCc2ccc(OCCN(C)C)c(OC)c2)c1Cl. The number of rotatable bonds is 12. The third kappa shape index (κ3) is 6.40. The van der Waals surface area contributed by atoms with Crippen LogP contribution >= 0.6 is 11.6 Å². The highest BCUT2D eigenvalue weighted by Crippen LogP contribution is 2.28. The Hall–Kier alpha value is -1.76. The number of aromatic nitrogens is 2. The van der Waals surface area contributed by atoms with Crippen LogP contribution in [-0.2, 0) is 19.6 Å². The Morgan fingerprint density at radius 3 is 2.68 bits per heavy atom. The summed E-state index contributed by atoms with van der Waals surface area (Å²) in [5.41, 5.74) is 3.17. The Labute approximate surface area is 173 Å². The topological polar surface area (TPSA) is 51.5 Å². The normalized spacial score (nSPS) is 11.2. The van der Waals surface area contributed by atoms with Gasteiger partial charge in [0.25, 0.3) is 0 Å². The highest BCUT2D eigenvalue weighted by Gasteiger charge is 2.13. The first-order chi connectivity index (χ1) is 13.5. The highest BCUT2D eigenvalue weighted by atomic mass is 35.5. The van der Waals surface area contributed by atoms with Gasteiger partial charge in [-0.25, -0.2) is 0 Å². The van der Waals surface area contributed by atoms with E-state index in [4.69, 9.17) is 21.1 Å². The van der Waals surface area contributed by atoms with Gasteiger partial charge < -0.3 is 19.7 Å². The van der Waals surface area contributed by atoms with Gasteiger partial charge in [0, 0.05) is 31.7 Å². The number of halogens is 1. The molecule has 0 atom stereocenters. The number of aryl methyl sites for hydroxylation is 2. The summed E-state index contributed by atoms with van der Waals surface area (Å²) < 4.78 is 13.2. The van der Waals surface area contributed by atoms with Gasteiger partial charge in [-0.3, -0.25) is 4.68 Å². The van der Waals surface area contributed by atoms with E-state index in [1.54, 1.807) is 7.11 Å². The average Bonchev–Trinajstić information content (AvgIpc) is 2.94. The van der Waals surface area contributed by atoms with Crippen molar-refractivity contribution in [2.75, 3.05) is 34.4 Å². The molecule has 0 fully saturated rings. The van der Waals surface area contributed by atoms with Gasteiger partial charge in [-0.1, -0.05) is 31.0 Å². The number of hydrogen-bond donors (Lipinski definition) is 1. The van der Waals surface area contributed by atoms with Crippen LogP contribution in [0.3, 0.4) is 0 Å². The lowest BCUT2D eigenvalue weighted by atomic mass is 10.2. The predicted molar refractivity (Wildman–Crippen MR) is 114 cm³/mol. The summed E-state index contributed by atoms with van der Waals surface area (Å²) in [5.74, 6) is 1.52. The molecule has 28 heavy (non-hydrogen) atoms. The highest BCUT2D eigenvalue weighted by molar-refractivity contribution is 6.30. The summed E-state index contributed by atoms with van der Waals surface area (Å²) in [4.78, 5) is 2.09. The van der Waals surface area contributed by atoms with Gasteiger partial charge in [0.05, 0.1) is 12.8 Å². The molecule has 1 aromatic carbocycles. The van der Waals surface area contributed by atoms with Gasteiger partial charge in [-0.15, -0.1) is 0 Å². The molecule has 0 saturated heterocycles. The zero-order chi connectivity index (χ0) is 20.5. The molecule has 0 radical (unpaired) electrons. The van der Waals surface area contributed by atoms with E-state index in [-0.39, 0.29) is 0 Å². The predicted octanol–water partition coefficient (Wildman–Crippen LogP) is 3.88. The number of benzene rings is 1. The average molecular weight is 409 g/mol. The second-order valence-corrected chi connectivity index (χ2v) is 7.53. The Bertz CT molecular complexity index is 746. The standard InChI is InChI=1S/C21H33ClN4O2/c1-6-7-10-26-21(22)18(16(2)24-26)15-23-14-17-8-9-19(20(13-17)27-5)28-12-11-25(3)4/h8-9,13,23H,6-7,10-12,14-15H2,1-5H3. The molecule has 0 aliphatic rings. The largest absolute Gasteiger partial charge is 0.493 e. The lowest BCUT2D eigenvalue weighted by molar-refractivity contribution is 0.250. The summed E-state index contributed by atoms with van der Waals surface area (Å²) >= 11 is 6.51. The van der Waals surface area contributed by atoms with Crippen molar-refractivity contribution in [3.63, 3.8) is 0 Å². The van der Waals surface area contributed by atoms with Crippen LogP contribution in [0.15, 0.2) is 18.2 Å². The molecule has 0 spiro atoms. The van der Waals surface area contributed by atoms with E-state index in [1.807, 2.05) is 37.8 Å². The number of nitrogens with one attached hydrogen (secondary N) is 1. The number of hydrogen-bond acceptors (Lipinski definition) is 5. The monoisotopic (exact) mass is 408 g/mol. The molecule has 1 heterocycles. The van der Waals surface area contributed by atoms with Crippen LogP contribution in [0.2, 0.25) is 5.15 Å². The van der Waals surface area contributed by atoms with Crippen molar-refractivity contribution in [1.82, 2.24) is 20.0 Å². The molecular formula is C21H33ClN4O2. The van der Waals surface area contributed by atoms with Crippen molar-refractivity contribution in [2.45, 2.75) is 46.3 Å². The van der Waals surface area contributed by atoms with Gasteiger partial charge in [0.1, 0.15) is 11.8 Å². The van der Waals surface area contributed by atoms with Crippen molar-refractivity contribution in [3.8, 4) is 11.5 Å². The van der Waals surface area contributed by atoms with Crippen LogP contribution in [0.4, 0.5) is 0 Å². The molecule has 0 bridgehead atoms. The first kappa shape index (κ1) is 22.5. The molecule has 0 aliphatic carbocycles. The summed E-state index contributed by atoms with van der Waals surface area (Å²) in [6.45, 7) is 7.92. The van der Waals surface area contributed by atoms with Crippen LogP contribution in [0.5, 0.6) is 11.5 Å². The second-order valence-electron chi connectivity index (χ2n) is 7.17. The van der Waals surface area contributed by atoms with Crippen LogP contribution in [0.1, 0.15) is 36.6 Å². The summed E-state index contributed by atoms with van der Waals surface area (Å²) in [7, 11) is 5.72. The lowest BCUT2D eigenvalue weighted by Crippen LogP contribution is -2.19. The van der Waals surface area contributed by atoms with Crippen molar-refractivity contribution < 1.29 is 9.47 Å². The van der Waals surface area contributed by atoms with Gasteiger partial charge >= 0.3 is 0 Å². The van der Waals surface area contributed by atoms with Crippen molar-refractivity contribution in [2.24, 2.45) is 0 Å². The molecule has 0 amide bonds. The molecule has 0 saturated carbocycles. The smallest absolute Gasteiger partial charge is 0.161 e. The molecule has 0 aliphatic heterocycles. The fourth-order valence-corrected chi connectivity index (χ4v) is 3.18. The summed E-state index contributed by atoms with van der Waals surface area (Å²) in [5, 5.41) is 8.75. The number of likely N-dealkylation sites (N-methyl/N-ethyl adjacent to an activating group) is 1. The van der Waals surface area contributed by atoms with E-state index in [1.165, 1.54) is 0 Å². The molecule has 7 heteroatoms. The zero-order valence-electron chi connectivity index (χ0n) is 17.7. The first-order valence-corrected chi connectivity index (χ1v) is 10.2. The van der Waals surface area contributed by atoms with Gasteiger partial charge in [-0.05, 0) is 45.1 Å². The van der Waals surface area contributed by atoms with E-state index in [0.717, 1.165) is 59.4 Å². The molecule has 1 N–H and O–H groups in total. The number of nitrogens with zero attached hydrogens (tertiary/aromatic N) is 3. The maximum absolute atomic E-state index is 6.51. The number of ether oxygens (including phenoxy) is 2.